The third kappa shape index (κ3) is 2.19. The van der Waals surface area contributed by atoms with Crippen LogP contribution in [0.3, 0.4) is 0 Å². The summed E-state index contributed by atoms with van der Waals surface area (Å²) in [6.07, 6.45) is 5.38. The SMILES string of the molecule is O=C(O)c1ccncc1Nc1nc(C2CC2)cs1. The van der Waals surface area contributed by atoms with Crippen LogP contribution in [0.25, 0.3) is 0 Å². The van der Waals surface area contributed by atoms with Gasteiger partial charge in [0.25, 0.3) is 0 Å². The Kier molecular flexibility index (Phi) is 2.71. The van der Waals surface area contributed by atoms with Gasteiger partial charge in [0.15, 0.2) is 5.13 Å². The molecule has 0 bridgehead atoms. The normalized spacial score (nSPS) is 14.4. The molecule has 92 valence electrons. The van der Waals surface area contributed by atoms with Crippen LogP contribution in [0, 0.1) is 0 Å². The summed E-state index contributed by atoms with van der Waals surface area (Å²) in [6.45, 7) is 0. The fraction of sp³-hybridized carbons (Fsp3) is 0.250. The molecule has 0 unspecified atom stereocenters. The first-order chi connectivity index (χ1) is 8.74. The Morgan fingerprint density at radius 1 is 1.50 bits per heavy atom. The van der Waals surface area contributed by atoms with Crippen molar-refractivity contribution < 1.29 is 9.90 Å². The predicted octanol–water partition coefficient (Wildman–Crippen LogP) is 2.86. The Morgan fingerprint density at radius 2 is 2.33 bits per heavy atom. The number of aromatic nitrogens is 2. The van der Waals surface area contributed by atoms with E-state index >= 15 is 0 Å². The van der Waals surface area contributed by atoms with E-state index in [-0.39, 0.29) is 5.56 Å². The highest BCUT2D eigenvalue weighted by Gasteiger charge is 2.26. The molecule has 2 aromatic heterocycles. The molecule has 1 aliphatic rings. The molecule has 2 aromatic rings. The Hall–Kier alpha value is -1.95. The van der Waals surface area contributed by atoms with Crippen LogP contribution in [-0.4, -0.2) is 21.0 Å². The van der Waals surface area contributed by atoms with E-state index in [1.165, 1.54) is 42.6 Å². The van der Waals surface area contributed by atoms with Gasteiger partial charge in [-0.2, -0.15) is 0 Å². The molecule has 5 nitrogen and oxygen atoms in total. The van der Waals surface area contributed by atoms with Crippen molar-refractivity contribution in [3.63, 3.8) is 0 Å². The van der Waals surface area contributed by atoms with Crippen LogP contribution in [0.1, 0.15) is 34.8 Å². The average molecular weight is 261 g/mol. The zero-order chi connectivity index (χ0) is 12.5. The van der Waals surface area contributed by atoms with E-state index in [2.05, 4.69) is 15.3 Å². The number of hydrogen-bond donors (Lipinski definition) is 2. The lowest BCUT2D eigenvalue weighted by Gasteiger charge is -2.05. The van der Waals surface area contributed by atoms with Crippen LogP contribution in [0.5, 0.6) is 0 Å². The van der Waals surface area contributed by atoms with E-state index in [9.17, 15) is 4.79 Å². The molecule has 1 fully saturated rings. The molecule has 2 heterocycles. The van der Waals surface area contributed by atoms with Gasteiger partial charge in [-0.05, 0) is 18.9 Å². The highest BCUT2D eigenvalue weighted by Crippen LogP contribution is 2.41. The average Bonchev–Trinajstić information content (AvgIpc) is 3.11. The number of carbonyl (C=O) groups is 1. The monoisotopic (exact) mass is 261 g/mol. The van der Waals surface area contributed by atoms with Gasteiger partial charge in [0.2, 0.25) is 0 Å². The van der Waals surface area contributed by atoms with Crippen molar-refractivity contribution >= 4 is 28.1 Å². The first kappa shape index (κ1) is 11.2. The highest BCUT2D eigenvalue weighted by molar-refractivity contribution is 7.13. The van der Waals surface area contributed by atoms with E-state index in [1.807, 2.05) is 5.38 Å². The topological polar surface area (TPSA) is 75.1 Å². The summed E-state index contributed by atoms with van der Waals surface area (Å²) < 4.78 is 0. The van der Waals surface area contributed by atoms with Crippen molar-refractivity contribution in [3.8, 4) is 0 Å². The zero-order valence-corrected chi connectivity index (χ0v) is 10.3. The number of rotatable bonds is 4. The fourth-order valence-corrected chi connectivity index (χ4v) is 2.51. The third-order valence-corrected chi connectivity index (χ3v) is 3.59. The summed E-state index contributed by atoms with van der Waals surface area (Å²) in [5, 5.41) is 14.8. The summed E-state index contributed by atoms with van der Waals surface area (Å²) in [4.78, 5) is 19.4. The number of aromatic carboxylic acids is 1. The summed E-state index contributed by atoms with van der Waals surface area (Å²) >= 11 is 1.49. The fourth-order valence-electron chi connectivity index (χ4n) is 1.71. The van der Waals surface area contributed by atoms with E-state index in [4.69, 9.17) is 5.11 Å². The minimum Gasteiger partial charge on any atom is -0.478 e. The van der Waals surface area contributed by atoms with Crippen LogP contribution in [0.2, 0.25) is 0 Å². The zero-order valence-electron chi connectivity index (χ0n) is 9.46. The lowest BCUT2D eigenvalue weighted by atomic mass is 10.2. The second-order valence-electron chi connectivity index (χ2n) is 4.20. The Morgan fingerprint density at radius 3 is 3.06 bits per heavy atom. The number of pyridine rings is 1. The molecule has 3 rings (SSSR count). The number of carboxylic acid groups (broad SMARTS) is 1. The van der Waals surface area contributed by atoms with Gasteiger partial charge in [-0.25, -0.2) is 9.78 Å². The van der Waals surface area contributed by atoms with E-state index in [1.54, 1.807) is 0 Å². The van der Waals surface area contributed by atoms with E-state index in [0.29, 0.717) is 16.7 Å². The van der Waals surface area contributed by atoms with Crippen molar-refractivity contribution in [2.24, 2.45) is 0 Å². The molecule has 1 aliphatic carbocycles. The number of hydrogen-bond acceptors (Lipinski definition) is 5. The number of nitrogens with one attached hydrogen (secondary N) is 1. The maximum atomic E-state index is 11.1. The van der Waals surface area contributed by atoms with Crippen LogP contribution >= 0.6 is 11.3 Å². The lowest BCUT2D eigenvalue weighted by Crippen LogP contribution is -2.03. The quantitative estimate of drug-likeness (QED) is 0.885. The summed E-state index contributed by atoms with van der Waals surface area (Å²) in [5.74, 6) is -0.372. The van der Waals surface area contributed by atoms with Crippen LogP contribution in [0.15, 0.2) is 23.8 Å². The standard InChI is InChI=1S/C12H11N3O2S/c16-11(17)8-3-4-13-5-9(8)14-12-15-10(6-18-12)7-1-2-7/h3-7H,1-2H2,(H,14,15)(H,16,17). The number of nitrogens with zero attached hydrogens (tertiary/aromatic N) is 2. The molecule has 6 heteroatoms. The first-order valence-electron chi connectivity index (χ1n) is 5.64. The lowest BCUT2D eigenvalue weighted by molar-refractivity contribution is 0.0698. The molecule has 0 spiro atoms. The molecule has 0 saturated heterocycles. The molecule has 18 heavy (non-hydrogen) atoms. The molecule has 0 aromatic carbocycles. The molecule has 0 radical (unpaired) electrons. The van der Waals surface area contributed by atoms with Crippen LogP contribution < -0.4 is 5.32 Å². The summed E-state index contributed by atoms with van der Waals surface area (Å²) in [5.41, 5.74) is 1.78. The van der Waals surface area contributed by atoms with Crippen LogP contribution in [-0.2, 0) is 0 Å². The molecule has 0 amide bonds. The third-order valence-electron chi connectivity index (χ3n) is 2.81. The smallest absolute Gasteiger partial charge is 0.337 e. The van der Waals surface area contributed by atoms with E-state index in [0.717, 1.165) is 5.69 Å². The summed E-state index contributed by atoms with van der Waals surface area (Å²) in [7, 11) is 0. The molecular weight excluding hydrogens is 250 g/mol. The first-order valence-corrected chi connectivity index (χ1v) is 6.52. The van der Waals surface area contributed by atoms with Crippen molar-refractivity contribution in [2.75, 3.05) is 5.32 Å². The predicted molar refractivity (Wildman–Crippen MR) is 68.6 cm³/mol. The van der Waals surface area contributed by atoms with Crippen LogP contribution in [0.4, 0.5) is 10.8 Å². The number of anilines is 2. The second-order valence-corrected chi connectivity index (χ2v) is 5.06. The largest absolute Gasteiger partial charge is 0.478 e. The maximum absolute atomic E-state index is 11.1. The Bertz CT molecular complexity index is 593. The minimum atomic E-state index is -0.973. The maximum Gasteiger partial charge on any atom is 0.337 e. The second kappa shape index (κ2) is 4.38. The van der Waals surface area contributed by atoms with Crippen molar-refractivity contribution in [3.05, 3.63) is 35.1 Å². The minimum absolute atomic E-state index is 0.202. The van der Waals surface area contributed by atoms with Gasteiger partial charge in [-0.15, -0.1) is 11.3 Å². The van der Waals surface area contributed by atoms with Crippen molar-refractivity contribution in [1.82, 2.24) is 9.97 Å². The highest BCUT2D eigenvalue weighted by atomic mass is 32.1. The van der Waals surface area contributed by atoms with Gasteiger partial charge in [0, 0.05) is 17.5 Å². The Labute approximate surface area is 108 Å². The molecule has 2 N–H and O–H groups in total. The molecular formula is C12H11N3O2S. The molecule has 1 saturated carbocycles. The Balaban J connectivity index is 1.84. The van der Waals surface area contributed by atoms with E-state index < -0.39 is 5.97 Å². The van der Waals surface area contributed by atoms with Gasteiger partial charge in [0.05, 0.1) is 23.1 Å². The number of thiazole rings is 1. The number of carboxylic acids is 1. The van der Waals surface area contributed by atoms with Gasteiger partial charge in [-0.3, -0.25) is 4.98 Å². The molecule has 0 aliphatic heterocycles. The van der Waals surface area contributed by atoms with Gasteiger partial charge < -0.3 is 10.4 Å². The van der Waals surface area contributed by atoms with Crippen molar-refractivity contribution in [1.29, 1.82) is 0 Å². The van der Waals surface area contributed by atoms with Gasteiger partial charge in [-0.1, -0.05) is 0 Å². The van der Waals surface area contributed by atoms with Gasteiger partial charge >= 0.3 is 5.97 Å². The summed E-state index contributed by atoms with van der Waals surface area (Å²) in [6, 6.07) is 1.47. The molecule has 0 atom stereocenters. The van der Waals surface area contributed by atoms with Gasteiger partial charge in [0.1, 0.15) is 0 Å². The van der Waals surface area contributed by atoms with Crippen molar-refractivity contribution in [2.45, 2.75) is 18.8 Å².